The molecule has 1 atom stereocenters. The fraction of sp³-hybridized carbons (Fsp3) is 0.257. The molecule has 10 nitrogen and oxygen atoms in total. The van der Waals surface area contributed by atoms with Crippen molar-refractivity contribution in [2.45, 2.75) is 33.4 Å². The van der Waals surface area contributed by atoms with Crippen LogP contribution in [-0.2, 0) is 25.7 Å². The van der Waals surface area contributed by atoms with E-state index in [9.17, 15) is 18.8 Å². The number of hydrogen-bond donors (Lipinski definition) is 0. The van der Waals surface area contributed by atoms with Crippen molar-refractivity contribution in [3.8, 4) is 17.2 Å². The first-order valence-corrected chi connectivity index (χ1v) is 15.7. The molecule has 244 valence electrons. The number of rotatable bonds is 12. The maximum atomic E-state index is 14.1. The average Bonchev–Trinajstić information content (AvgIpc) is 3.36. The minimum atomic E-state index is -0.883. The Morgan fingerprint density at radius 1 is 0.979 bits per heavy atom. The topological polar surface area (TPSA) is 115 Å². The number of ether oxygens (including phenoxy) is 5. The number of benzene rings is 3. The summed E-state index contributed by atoms with van der Waals surface area (Å²) in [5, 5.41) is 0. The third-order valence-electron chi connectivity index (χ3n) is 7.15. The van der Waals surface area contributed by atoms with Crippen LogP contribution in [0.15, 0.2) is 87.8 Å². The smallest absolute Gasteiger partial charge is 0.343 e. The van der Waals surface area contributed by atoms with Gasteiger partial charge in [-0.1, -0.05) is 41.7 Å². The van der Waals surface area contributed by atoms with E-state index in [-0.39, 0.29) is 36.8 Å². The van der Waals surface area contributed by atoms with Gasteiger partial charge in [0, 0.05) is 0 Å². The molecule has 1 aliphatic rings. The van der Waals surface area contributed by atoms with Crippen molar-refractivity contribution in [1.82, 2.24) is 4.57 Å². The minimum absolute atomic E-state index is 0.136. The highest BCUT2D eigenvalue weighted by Crippen LogP contribution is 2.36. The first kappa shape index (κ1) is 33.1. The van der Waals surface area contributed by atoms with Crippen LogP contribution in [0, 0.1) is 5.82 Å². The van der Waals surface area contributed by atoms with Crippen molar-refractivity contribution < 1.29 is 37.7 Å². The van der Waals surface area contributed by atoms with Crippen molar-refractivity contribution in [3.63, 3.8) is 0 Å². The van der Waals surface area contributed by atoms with E-state index >= 15 is 0 Å². The third-order valence-corrected chi connectivity index (χ3v) is 8.13. The van der Waals surface area contributed by atoms with E-state index in [4.69, 9.17) is 18.9 Å². The highest BCUT2D eigenvalue weighted by Gasteiger charge is 2.34. The maximum Gasteiger partial charge on any atom is 0.343 e. The van der Waals surface area contributed by atoms with Gasteiger partial charge in [0.2, 0.25) is 0 Å². The van der Waals surface area contributed by atoms with Crippen molar-refractivity contribution in [1.29, 1.82) is 0 Å². The second-order valence-electron chi connectivity index (χ2n) is 10.3. The quantitative estimate of drug-likeness (QED) is 0.205. The van der Waals surface area contributed by atoms with Crippen molar-refractivity contribution in [3.05, 3.63) is 120 Å². The summed E-state index contributed by atoms with van der Waals surface area (Å²) in [5.74, 6) is -0.271. The highest BCUT2D eigenvalue weighted by molar-refractivity contribution is 7.07. The van der Waals surface area contributed by atoms with Crippen LogP contribution in [0.4, 0.5) is 4.39 Å². The zero-order chi connectivity index (χ0) is 33.5. The number of carbonyl (C=O) groups excluding carboxylic acids is 2. The molecular formula is C35H33FN2O8S. The Balaban J connectivity index is 1.55. The number of methoxy groups -OCH3 is 1. The van der Waals surface area contributed by atoms with Gasteiger partial charge in [-0.25, -0.2) is 19.0 Å². The molecule has 1 aromatic heterocycles. The fourth-order valence-corrected chi connectivity index (χ4v) is 6.02. The number of aromatic nitrogens is 1. The summed E-state index contributed by atoms with van der Waals surface area (Å²) in [4.78, 5) is 44.1. The zero-order valence-electron chi connectivity index (χ0n) is 26.3. The van der Waals surface area contributed by atoms with Gasteiger partial charge in [-0.3, -0.25) is 9.36 Å². The number of nitrogens with zero attached hydrogens (tertiary/aromatic N) is 2. The zero-order valence-corrected chi connectivity index (χ0v) is 27.1. The van der Waals surface area contributed by atoms with Gasteiger partial charge in [-0.2, -0.15) is 0 Å². The van der Waals surface area contributed by atoms with Crippen LogP contribution < -0.4 is 29.1 Å². The van der Waals surface area contributed by atoms with Crippen molar-refractivity contribution in [2.75, 3.05) is 26.9 Å². The molecule has 0 fully saturated rings. The number of esters is 2. The molecule has 0 unspecified atom stereocenters. The van der Waals surface area contributed by atoms with Gasteiger partial charge in [0.25, 0.3) is 5.56 Å². The largest absolute Gasteiger partial charge is 0.490 e. The van der Waals surface area contributed by atoms with E-state index in [1.54, 1.807) is 69.3 Å². The second-order valence-corrected chi connectivity index (χ2v) is 11.3. The predicted molar refractivity (Wildman–Crippen MR) is 173 cm³/mol. The second kappa shape index (κ2) is 14.9. The van der Waals surface area contributed by atoms with Crippen LogP contribution in [0.1, 0.15) is 43.5 Å². The van der Waals surface area contributed by atoms with Gasteiger partial charge in [0.1, 0.15) is 18.2 Å². The van der Waals surface area contributed by atoms with Crippen LogP contribution in [0.25, 0.3) is 6.08 Å². The van der Waals surface area contributed by atoms with Crippen LogP contribution in [0.2, 0.25) is 0 Å². The molecule has 0 radical (unpaired) electrons. The number of allylic oxidation sites excluding steroid dienone is 1. The fourth-order valence-electron chi connectivity index (χ4n) is 4.98. The molecule has 1 aliphatic heterocycles. The van der Waals surface area contributed by atoms with Gasteiger partial charge in [0.05, 0.1) is 42.2 Å². The highest BCUT2D eigenvalue weighted by atomic mass is 32.1. The average molecular weight is 661 g/mol. The summed E-state index contributed by atoms with van der Waals surface area (Å²) < 4.78 is 42.6. The first-order valence-electron chi connectivity index (χ1n) is 14.9. The molecule has 5 rings (SSSR count). The lowest BCUT2D eigenvalue weighted by Crippen LogP contribution is -2.40. The van der Waals surface area contributed by atoms with Crippen molar-refractivity contribution >= 4 is 29.4 Å². The van der Waals surface area contributed by atoms with Gasteiger partial charge in [-0.15, -0.1) is 0 Å². The van der Waals surface area contributed by atoms with Crippen LogP contribution in [-0.4, -0.2) is 43.4 Å². The molecule has 12 heteroatoms. The summed E-state index contributed by atoms with van der Waals surface area (Å²) >= 11 is 1.19. The summed E-state index contributed by atoms with van der Waals surface area (Å²) in [7, 11) is 1.26. The van der Waals surface area contributed by atoms with Crippen molar-refractivity contribution in [2.24, 2.45) is 4.99 Å². The number of thiazole rings is 1. The standard InChI is InChI=1S/C35H33FN2O8S/c1-5-43-28-18-24(12-15-27(28)46-20-30(39)42-4)32-31(34(41)44-6-2)21(3)37-35-38(32)33(40)29(47-35)17-23-8-7-9-26(16-23)45-19-22-10-13-25(36)14-11-22/h7-18,32H,5-6,19-20H2,1-4H3/b29-17+/t32-/m1/s1. The predicted octanol–water partition coefficient (Wildman–Crippen LogP) is 4.47. The molecule has 0 amide bonds. The Labute approximate surface area is 274 Å². The molecule has 0 bridgehead atoms. The maximum absolute atomic E-state index is 14.1. The van der Waals surface area contributed by atoms with E-state index in [0.717, 1.165) is 11.1 Å². The number of carbonyl (C=O) groups is 2. The SMILES string of the molecule is CCOC(=O)C1=C(C)N=c2s/c(=C/c3cccc(OCc4ccc(F)cc4)c3)c(=O)n2[C@@H]1c1ccc(OCC(=O)OC)c(OCC)c1. The van der Waals surface area contributed by atoms with Gasteiger partial charge in [-0.05, 0) is 79.9 Å². The van der Waals surface area contributed by atoms with Crippen LogP contribution >= 0.6 is 11.3 Å². The van der Waals surface area contributed by atoms with Crippen LogP contribution in [0.3, 0.4) is 0 Å². The Morgan fingerprint density at radius 2 is 1.77 bits per heavy atom. The molecule has 0 saturated heterocycles. The lowest BCUT2D eigenvalue weighted by atomic mass is 9.95. The van der Waals surface area contributed by atoms with E-state index in [2.05, 4.69) is 9.73 Å². The Hall–Kier alpha value is -5.23. The van der Waals surface area contributed by atoms with E-state index in [1.165, 1.54) is 35.1 Å². The molecule has 0 N–H and O–H groups in total. The molecule has 47 heavy (non-hydrogen) atoms. The van der Waals surface area contributed by atoms with E-state index < -0.39 is 18.0 Å². The Morgan fingerprint density at radius 3 is 2.49 bits per heavy atom. The van der Waals surface area contributed by atoms with Gasteiger partial charge < -0.3 is 23.7 Å². The lowest BCUT2D eigenvalue weighted by molar-refractivity contribution is -0.143. The van der Waals surface area contributed by atoms with E-state index in [1.807, 2.05) is 12.1 Å². The molecule has 4 aromatic rings. The Kier molecular flexibility index (Phi) is 10.5. The van der Waals surface area contributed by atoms with Crippen LogP contribution in [0.5, 0.6) is 17.2 Å². The third kappa shape index (κ3) is 7.60. The molecule has 3 aromatic carbocycles. The number of fused-ring (bicyclic) bond motifs is 1. The number of halogens is 1. The monoisotopic (exact) mass is 660 g/mol. The lowest BCUT2D eigenvalue weighted by Gasteiger charge is -2.25. The normalized spacial score (nSPS) is 14.2. The van der Waals surface area contributed by atoms with Gasteiger partial charge >= 0.3 is 11.9 Å². The Bertz CT molecular complexity index is 2000. The summed E-state index contributed by atoms with van der Waals surface area (Å²) in [5.41, 5.74) is 2.37. The number of hydrogen-bond acceptors (Lipinski definition) is 10. The summed E-state index contributed by atoms with van der Waals surface area (Å²) in [6.07, 6.45) is 1.74. The van der Waals surface area contributed by atoms with Gasteiger partial charge in [0.15, 0.2) is 22.9 Å². The molecule has 0 aliphatic carbocycles. The first-order chi connectivity index (χ1) is 22.7. The molecular weight excluding hydrogens is 627 g/mol. The minimum Gasteiger partial charge on any atom is -0.490 e. The molecule has 0 spiro atoms. The molecule has 0 saturated carbocycles. The molecule has 2 heterocycles. The summed E-state index contributed by atoms with van der Waals surface area (Å²) in [6.45, 7) is 5.57. The van der Waals surface area contributed by atoms with E-state index in [0.29, 0.717) is 44.4 Å². The summed E-state index contributed by atoms with van der Waals surface area (Å²) in [6, 6.07) is 17.4.